The predicted molar refractivity (Wildman–Crippen MR) is 86.6 cm³/mol. The van der Waals surface area contributed by atoms with E-state index in [1.165, 1.54) is 4.88 Å². The van der Waals surface area contributed by atoms with Gasteiger partial charge >= 0.3 is 6.03 Å². The topological polar surface area (TPSA) is 52.6 Å². The first-order valence-corrected chi connectivity index (χ1v) is 8.63. The summed E-state index contributed by atoms with van der Waals surface area (Å²) in [7, 11) is 1.81. The van der Waals surface area contributed by atoms with Gasteiger partial charge in [0.2, 0.25) is 0 Å². The molecule has 1 heterocycles. The van der Waals surface area contributed by atoms with Gasteiger partial charge < -0.3 is 15.3 Å². The molecule has 0 bridgehead atoms. The van der Waals surface area contributed by atoms with Crippen LogP contribution in [0.2, 0.25) is 0 Å². The van der Waals surface area contributed by atoms with Crippen LogP contribution in [-0.4, -0.2) is 42.3 Å². The zero-order valence-electron chi connectivity index (χ0n) is 12.9. The molecule has 0 saturated heterocycles. The minimum atomic E-state index is -0.238. The molecule has 1 aromatic heterocycles. The molecule has 1 aliphatic carbocycles. The Kier molecular flexibility index (Phi) is 6.06. The van der Waals surface area contributed by atoms with E-state index in [9.17, 15) is 9.90 Å². The third-order valence-corrected chi connectivity index (χ3v) is 5.10. The highest BCUT2D eigenvalue weighted by molar-refractivity contribution is 7.09. The van der Waals surface area contributed by atoms with Crippen LogP contribution in [-0.2, 0) is 6.42 Å². The monoisotopic (exact) mass is 310 g/mol. The summed E-state index contributed by atoms with van der Waals surface area (Å²) in [5.41, 5.74) is 0. The van der Waals surface area contributed by atoms with Crippen LogP contribution in [0.1, 0.15) is 31.1 Å². The lowest BCUT2D eigenvalue weighted by Crippen LogP contribution is -2.42. The van der Waals surface area contributed by atoms with Gasteiger partial charge in [0.05, 0.1) is 6.10 Å². The van der Waals surface area contributed by atoms with Gasteiger partial charge in [-0.1, -0.05) is 19.4 Å². The quantitative estimate of drug-likeness (QED) is 0.849. The highest BCUT2D eigenvalue weighted by Crippen LogP contribution is 2.25. The smallest absolute Gasteiger partial charge is 0.317 e. The Morgan fingerprint density at radius 3 is 3.00 bits per heavy atom. The number of nitrogens with one attached hydrogen (secondary N) is 1. The third-order valence-electron chi connectivity index (χ3n) is 4.21. The van der Waals surface area contributed by atoms with Gasteiger partial charge in [0.15, 0.2) is 0 Å². The molecule has 0 aliphatic heterocycles. The Morgan fingerprint density at radius 2 is 2.38 bits per heavy atom. The zero-order valence-corrected chi connectivity index (χ0v) is 13.7. The number of aliphatic hydroxyl groups is 1. The van der Waals surface area contributed by atoms with Crippen molar-refractivity contribution in [2.75, 3.05) is 20.1 Å². The predicted octanol–water partition coefficient (Wildman–Crippen LogP) is 2.73. The number of nitrogens with zero attached hydrogens (tertiary/aromatic N) is 1. The van der Waals surface area contributed by atoms with E-state index >= 15 is 0 Å². The van der Waals surface area contributed by atoms with E-state index in [-0.39, 0.29) is 18.1 Å². The lowest BCUT2D eigenvalue weighted by atomic mass is 10.1. The molecular formula is C16H26N2O2S. The van der Waals surface area contributed by atoms with E-state index in [4.69, 9.17) is 0 Å². The summed E-state index contributed by atoms with van der Waals surface area (Å²) in [6.07, 6.45) is 3.73. The van der Waals surface area contributed by atoms with E-state index in [1.807, 2.05) is 7.05 Å². The number of urea groups is 1. The molecule has 21 heavy (non-hydrogen) atoms. The van der Waals surface area contributed by atoms with Gasteiger partial charge in [0, 0.05) is 30.9 Å². The Hall–Kier alpha value is -1.07. The maximum Gasteiger partial charge on any atom is 0.317 e. The number of carbonyl (C=O) groups is 1. The standard InChI is InChI=1S/C16H26N2O2S/c1-12(9-14-6-4-8-21-14)10-17-16(20)18(2)11-13-5-3-7-15(13)19/h4,6,8,12-13,15,19H,3,5,7,9-11H2,1-2H3,(H,17,20). The fourth-order valence-corrected chi connectivity index (χ4v) is 3.78. The normalized spacial score (nSPS) is 23.0. The van der Waals surface area contributed by atoms with E-state index in [1.54, 1.807) is 16.2 Å². The van der Waals surface area contributed by atoms with Crippen molar-refractivity contribution in [3.63, 3.8) is 0 Å². The molecule has 2 rings (SSSR count). The number of rotatable bonds is 6. The lowest BCUT2D eigenvalue weighted by molar-refractivity contribution is 0.113. The summed E-state index contributed by atoms with van der Waals surface area (Å²) >= 11 is 1.76. The molecule has 118 valence electrons. The van der Waals surface area contributed by atoms with Crippen LogP contribution in [0.15, 0.2) is 17.5 Å². The summed E-state index contributed by atoms with van der Waals surface area (Å²) in [5.74, 6) is 0.669. The molecule has 3 atom stereocenters. The van der Waals surface area contributed by atoms with Crippen LogP contribution in [0.3, 0.4) is 0 Å². The van der Waals surface area contributed by atoms with Crippen molar-refractivity contribution in [3.8, 4) is 0 Å². The first kappa shape index (κ1) is 16.3. The lowest BCUT2D eigenvalue weighted by Gasteiger charge is -2.24. The molecule has 4 nitrogen and oxygen atoms in total. The van der Waals surface area contributed by atoms with Gasteiger partial charge in [-0.05, 0) is 36.6 Å². The largest absolute Gasteiger partial charge is 0.393 e. The summed E-state index contributed by atoms with van der Waals surface area (Å²) < 4.78 is 0. The maximum absolute atomic E-state index is 12.1. The van der Waals surface area contributed by atoms with Crippen LogP contribution in [0, 0.1) is 11.8 Å². The van der Waals surface area contributed by atoms with Gasteiger partial charge in [-0.3, -0.25) is 0 Å². The Morgan fingerprint density at radius 1 is 1.57 bits per heavy atom. The molecule has 0 radical (unpaired) electrons. The SMILES string of the molecule is CC(CNC(=O)N(C)CC1CCCC1O)Cc1cccs1. The molecule has 1 fully saturated rings. The Balaban J connectivity index is 1.68. The number of amides is 2. The van der Waals surface area contributed by atoms with Gasteiger partial charge in [-0.25, -0.2) is 4.79 Å². The minimum absolute atomic E-state index is 0.0351. The first-order chi connectivity index (χ1) is 10.1. The number of aliphatic hydroxyl groups excluding tert-OH is 1. The van der Waals surface area contributed by atoms with Crippen LogP contribution in [0.4, 0.5) is 4.79 Å². The highest BCUT2D eigenvalue weighted by atomic mass is 32.1. The second-order valence-electron chi connectivity index (χ2n) is 6.21. The van der Waals surface area contributed by atoms with Gasteiger partial charge in [-0.15, -0.1) is 11.3 Å². The molecule has 1 saturated carbocycles. The van der Waals surface area contributed by atoms with Crippen LogP contribution in [0.25, 0.3) is 0 Å². The summed E-state index contributed by atoms with van der Waals surface area (Å²) in [4.78, 5) is 15.1. The number of carbonyl (C=O) groups excluding carboxylic acids is 1. The van der Waals surface area contributed by atoms with E-state index in [2.05, 4.69) is 29.8 Å². The number of thiophene rings is 1. The fourth-order valence-electron chi connectivity index (χ4n) is 2.91. The maximum atomic E-state index is 12.1. The summed E-state index contributed by atoms with van der Waals surface area (Å²) in [5, 5.41) is 14.9. The van der Waals surface area contributed by atoms with Gasteiger partial charge in [-0.2, -0.15) is 0 Å². The van der Waals surface area contributed by atoms with Crippen molar-refractivity contribution in [1.29, 1.82) is 0 Å². The highest BCUT2D eigenvalue weighted by Gasteiger charge is 2.27. The molecule has 1 aromatic rings. The molecule has 2 amide bonds. The van der Waals surface area contributed by atoms with Crippen molar-refractivity contribution in [3.05, 3.63) is 22.4 Å². The van der Waals surface area contributed by atoms with Crippen LogP contribution in [0.5, 0.6) is 0 Å². The van der Waals surface area contributed by atoms with E-state index < -0.39 is 0 Å². The fraction of sp³-hybridized carbons (Fsp3) is 0.688. The van der Waals surface area contributed by atoms with Crippen molar-refractivity contribution in [2.24, 2.45) is 11.8 Å². The molecule has 0 spiro atoms. The molecule has 0 aromatic carbocycles. The van der Waals surface area contributed by atoms with Crippen LogP contribution >= 0.6 is 11.3 Å². The summed E-state index contributed by atoms with van der Waals surface area (Å²) in [6, 6.07) is 4.16. The van der Waals surface area contributed by atoms with Crippen molar-refractivity contribution in [1.82, 2.24) is 10.2 Å². The second-order valence-corrected chi connectivity index (χ2v) is 7.25. The van der Waals surface area contributed by atoms with Gasteiger partial charge in [0.1, 0.15) is 0 Å². The van der Waals surface area contributed by atoms with Crippen molar-refractivity contribution in [2.45, 2.75) is 38.7 Å². The molecule has 3 unspecified atom stereocenters. The molecule has 2 N–H and O–H groups in total. The molecule has 5 heteroatoms. The van der Waals surface area contributed by atoms with Gasteiger partial charge in [0.25, 0.3) is 0 Å². The zero-order chi connectivity index (χ0) is 15.2. The average Bonchev–Trinajstić information content (AvgIpc) is 3.09. The van der Waals surface area contributed by atoms with E-state index in [0.29, 0.717) is 19.0 Å². The van der Waals surface area contributed by atoms with E-state index in [0.717, 1.165) is 25.7 Å². The Bertz CT molecular complexity index is 435. The number of hydrogen-bond acceptors (Lipinski definition) is 3. The summed E-state index contributed by atoms with van der Waals surface area (Å²) in [6.45, 7) is 3.49. The molecular weight excluding hydrogens is 284 g/mol. The number of hydrogen-bond donors (Lipinski definition) is 2. The van der Waals surface area contributed by atoms with Crippen LogP contribution < -0.4 is 5.32 Å². The first-order valence-electron chi connectivity index (χ1n) is 7.75. The average molecular weight is 310 g/mol. The Labute approximate surface area is 131 Å². The molecule has 1 aliphatic rings. The van der Waals surface area contributed by atoms with Crippen molar-refractivity contribution >= 4 is 17.4 Å². The van der Waals surface area contributed by atoms with Crippen molar-refractivity contribution < 1.29 is 9.90 Å². The minimum Gasteiger partial charge on any atom is -0.393 e. The third kappa shape index (κ3) is 5.00. The second kappa shape index (κ2) is 7.80.